The van der Waals surface area contributed by atoms with Gasteiger partial charge in [-0.25, -0.2) is 0 Å². The first-order chi connectivity index (χ1) is 7.67. The minimum atomic E-state index is 0.405. The lowest BCUT2D eigenvalue weighted by molar-refractivity contribution is 0.125. The minimum Gasteiger partial charge on any atom is -0.380 e. The molecule has 2 nitrogen and oxygen atoms in total. The normalized spacial score (nSPS) is 12.8. The first kappa shape index (κ1) is 13.2. The highest BCUT2D eigenvalue weighted by Crippen LogP contribution is 2.11. The van der Waals surface area contributed by atoms with Crippen molar-refractivity contribution in [3.63, 3.8) is 0 Å². The van der Waals surface area contributed by atoms with Crippen molar-refractivity contribution in [1.29, 1.82) is 0 Å². The number of nitrogens with one attached hydrogen (secondary N) is 1. The fraction of sp³-hybridized carbons (Fsp3) is 0.571. The molecule has 0 saturated heterocycles. The van der Waals surface area contributed by atoms with Crippen LogP contribution in [0, 0.1) is 13.8 Å². The number of aryl methyl sites for hydroxylation is 2. The fourth-order valence-electron chi connectivity index (χ4n) is 1.72. The predicted octanol–water partition coefficient (Wildman–Crippen LogP) is 2.47. The van der Waals surface area contributed by atoms with Crippen LogP contribution in [0.4, 0.5) is 0 Å². The molecule has 0 aliphatic carbocycles. The Labute approximate surface area is 99.0 Å². The Kier molecular flexibility index (Phi) is 5.50. The molecule has 0 spiro atoms. The molecular formula is C14H23NO. The van der Waals surface area contributed by atoms with Crippen molar-refractivity contribution in [3.8, 4) is 0 Å². The van der Waals surface area contributed by atoms with E-state index in [-0.39, 0.29) is 0 Å². The molecule has 0 heterocycles. The quantitative estimate of drug-likeness (QED) is 0.797. The second-order valence-corrected chi connectivity index (χ2v) is 4.27. The molecule has 1 rings (SSSR count). The Bertz CT molecular complexity index is 323. The van der Waals surface area contributed by atoms with Crippen LogP contribution < -0.4 is 5.32 Å². The SMILES string of the molecule is CCOCC(Cc1ccc(C)c(C)c1)NC. The molecule has 0 amide bonds. The van der Waals surface area contributed by atoms with Crippen molar-refractivity contribution in [2.45, 2.75) is 33.2 Å². The predicted molar refractivity (Wildman–Crippen MR) is 69.0 cm³/mol. The number of benzene rings is 1. The topological polar surface area (TPSA) is 21.3 Å². The first-order valence-corrected chi connectivity index (χ1v) is 5.98. The molecule has 1 atom stereocenters. The lowest BCUT2D eigenvalue weighted by Crippen LogP contribution is -2.32. The van der Waals surface area contributed by atoms with Gasteiger partial charge in [0.15, 0.2) is 0 Å². The molecule has 1 N–H and O–H groups in total. The van der Waals surface area contributed by atoms with Gasteiger partial charge in [0.05, 0.1) is 6.61 Å². The van der Waals surface area contributed by atoms with Crippen molar-refractivity contribution in [2.24, 2.45) is 0 Å². The van der Waals surface area contributed by atoms with Crippen molar-refractivity contribution >= 4 is 0 Å². The fourth-order valence-corrected chi connectivity index (χ4v) is 1.72. The van der Waals surface area contributed by atoms with Gasteiger partial charge in [-0.15, -0.1) is 0 Å². The zero-order valence-electron chi connectivity index (χ0n) is 10.8. The lowest BCUT2D eigenvalue weighted by Gasteiger charge is -2.16. The number of likely N-dealkylation sites (N-methyl/N-ethyl adjacent to an activating group) is 1. The second kappa shape index (κ2) is 6.66. The molecule has 0 saturated carbocycles. The van der Waals surface area contributed by atoms with E-state index in [1.807, 2.05) is 14.0 Å². The van der Waals surface area contributed by atoms with Crippen molar-refractivity contribution < 1.29 is 4.74 Å². The lowest BCUT2D eigenvalue weighted by atomic mass is 10.0. The standard InChI is InChI=1S/C14H23NO/c1-5-16-10-14(15-4)9-13-7-6-11(2)12(3)8-13/h6-8,14-15H,5,9-10H2,1-4H3. The second-order valence-electron chi connectivity index (χ2n) is 4.27. The maximum Gasteiger partial charge on any atom is 0.0622 e. The smallest absolute Gasteiger partial charge is 0.0622 e. The maximum absolute atomic E-state index is 5.45. The van der Waals surface area contributed by atoms with E-state index in [9.17, 15) is 0 Å². The third kappa shape index (κ3) is 3.95. The average molecular weight is 221 g/mol. The molecular weight excluding hydrogens is 198 g/mol. The molecule has 1 unspecified atom stereocenters. The molecule has 0 aliphatic heterocycles. The molecule has 0 bridgehead atoms. The van der Waals surface area contributed by atoms with Crippen molar-refractivity contribution in [3.05, 3.63) is 34.9 Å². The van der Waals surface area contributed by atoms with E-state index in [1.54, 1.807) is 0 Å². The molecule has 2 heteroatoms. The number of hydrogen-bond donors (Lipinski definition) is 1. The van der Waals surface area contributed by atoms with E-state index in [2.05, 4.69) is 37.4 Å². The van der Waals surface area contributed by atoms with Gasteiger partial charge in [0.25, 0.3) is 0 Å². The summed E-state index contributed by atoms with van der Waals surface area (Å²) in [6.07, 6.45) is 1.03. The Morgan fingerprint density at radius 2 is 2.00 bits per heavy atom. The van der Waals surface area contributed by atoms with Crippen LogP contribution in [0.1, 0.15) is 23.6 Å². The summed E-state index contributed by atoms with van der Waals surface area (Å²) in [4.78, 5) is 0. The van der Waals surface area contributed by atoms with Gasteiger partial charge in [-0.1, -0.05) is 18.2 Å². The summed E-state index contributed by atoms with van der Waals surface area (Å²) in [5, 5.41) is 3.29. The summed E-state index contributed by atoms with van der Waals surface area (Å²) < 4.78 is 5.45. The third-order valence-corrected chi connectivity index (χ3v) is 2.98. The monoisotopic (exact) mass is 221 g/mol. The number of ether oxygens (including phenoxy) is 1. The van der Waals surface area contributed by atoms with Crippen LogP contribution in [-0.4, -0.2) is 26.3 Å². The zero-order valence-corrected chi connectivity index (χ0v) is 10.8. The van der Waals surface area contributed by atoms with Crippen LogP contribution in [0.25, 0.3) is 0 Å². The summed E-state index contributed by atoms with van der Waals surface area (Å²) in [5.74, 6) is 0. The molecule has 1 aromatic rings. The van der Waals surface area contributed by atoms with Gasteiger partial charge in [-0.2, -0.15) is 0 Å². The van der Waals surface area contributed by atoms with Crippen LogP contribution in [0.5, 0.6) is 0 Å². The van der Waals surface area contributed by atoms with Gasteiger partial charge in [-0.05, 0) is 50.9 Å². The van der Waals surface area contributed by atoms with Gasteiger partial charge >= 0.3 is 0 Å². The Balaban J connectivity index is 2.59. The highest BCUT2D eigenvalue weighted by atomic mass is 16.5. The van der Waals surface area contributed by atoms with Crippen LogP contribution in [0.3, 0.4) is 0 Å². The van der Waals surface area contributed by atoms with E-state index >= 15 is 0 Å². The summed E-state index contributed by atoms with van der Waals surface area (Å²) in [5.41, 5.74) is 4.10. The highest BCUT2D eigenvalue weighted by molar-refractivity contribution is 5.30. The van der Waals surface area contributed by atoms with Gasteiger partial charge < -0.3 is 10.1 Å². The highest BCUT2D eigenvalue weighted by Gasteiger charge is 2.07. The molecule has 0 aliphatic rings. The van der Waals surface area contributed by atoms with Crippen LogP contribution in [0.2, 0.25) is 0 Å². The van der Waals surface area contributed by atoms with Crippen LogP contribution in [-0.2, 0) is 11.2 Å². The van der Waals surface area contributed by atoms with Gasteiger partial charge in [0.2, 0.25) is 0 Å². The van der Waals surface area contributed by atoms with E-state index < -0.39 is 0 Å². The summed E-state index contributed by atoms with van der Waals surface area (Å²) in [6.45, 7) is 7.90. The number of hydrogen-bond acceptors (Lipinski definition) is 2. The average Bonchev–Trinajstić information content (AvgIpc) is 2.29. The van der Waals surface area contributed by atoms with Gasteiger partial charge in [0, 0.05) is 12.6 Å². The van der Waals surface area contributed by atoms with Gasteiger partial charge in [-0.3, -0.25) is 0 Å². The van der Waals surface area contributed by atoms with E-state index in [4.69, 9.17) is 4.74 Å². The Morgan fingerprint density at radius 1 is 1.25 bits per heavy atom. The molecule has 0 fully saturated rings. The molecule has 16 heavy (non-hydrogen) atoms. The van der Waals surface area contributed by atoms with Gasteiger partial charge in [0.1, 0.15) is 0 Å². The maximum atomic E-state index is 5.45. The summed E-state index contributed by atoms with van der Waals surface area (Å²) in [6, 6.07) is 7.07. The third-order valence-electron chi connectivity index (χ3n) is 2.98. The summed E-state index contributed by atoms with van der Waals surface area (Å²) in [7, 11) is 1.99. The van der Waals surface area contributed by atoms with Crippen molar-refractivity contribution in [2.75, 3.05) is 20.3 Å². The Hall–Kier alpha value is -0.860. The van der Waals surface area contributed by atoms with Crippen LogP contribution >= 0.6 is 0 Å². The Morgan fingerprint density at radius 3 is 2.56 bits per heavy atom. The molecule has 0 radical (unpaired) electrons. The molecule has 0 aromatic heterocycles. The number of rotatable bonds is 6. The minimum absolute atomic E-state index is 0.405. The van der Waals surface area contributed by atoms with Crippen molar-refractivity contribution in [1.82, 2.24) is 5.32 Å². The van der Waals surface area contributed by atoms with E-state index in [0.717, 1.165) is 19.6 Å². The largest absolute Gasteiger partial charge is 0.380 e. The van der Waals surface area contributed by atoms with E-state index in [0.29, 0.717) is 6.04 Å². The molecule has 90 valence electrons. The first-order valence-electron chi connectivity index (χ1n) is 5.98. The summed E-state index contributed by atoms with van der Waals surface area (Å²) >= 11 is 0. The molecule has 1 aromatic carbocycles. The zero-order chi connectivity index (χ0) is 12.0. The van der Waals surface area contributed by atoms with Crippen LogP contribution in [0.15, 0.2) is 18.2 Å². The van der Waals surface area contributed by atoms with E-state index in [1.165, 1.54) is 16.7 Å².